The van der Waals surface area contributed by atoms with E-state index in [0.717, 1.165) is 17.7 Å². The van der Waals surface area contributed by atoms with Crippen LogP contribution in [0.5, 0.6) is 17.2 Å². The number of Topliss-reactive ketones (excluding diaryl/α,β-unsaturated/α-hetero) is 1. The number of nitro groups is 1. The lowest BCUT2D eigenvalue weighted by Crippen LogP contribution is -2.12. The van der Waals surface area contributed by atoms with Crippen LogP contribution < -0.4 is 14.2 Å². The van der Waals surface area contributed by atoms with Crippen molar-refractivity contribution in [2.45, 2.75) is 6.42 Å². The molecule has 1 aliphatic heterocycles. The van der Waals surface area contributed by atoms with Gasteiger partial charge in [0.25, 0.3) is 0 Å². The Hall–Kier alpha value is -3.09. The van der Waals surface area contributed by atoms with Crippen molar-refractivity contribution >= 4 is 11.5 Å². The summed E-state index contributed by atoms with van der Waals surface area (Å²) in [6, 6.07) is 9.41. The summed E-state index contributed by atoms with van der Waals surface area (Å²) in [5.74, 6) is 0.908. The third-order valence-electron chi connectivity index (χ3n) is 3.73. The van der Waals surface area contributed by atoms with Crippen LogP contribution in [0.4, 0.5) is 5.69 Å². The second kappa shape index (κ2) is 6.57. The first-order valence-corrected chi connectivity index (χ1v) is 7.32. The zero-order chi connectivity index (χ0) is 17.1. The highest BCUT2D eigenvalue weighted by molar-refractivity contribution is 5.97. The van der Waals surface area contributed by atoms with Crippen molar-refractivity contribution in [3.05, 3.63) is 57.6 Å². The van der Waals surface area contributed by atoms with Crippen LogP contribution in [0.2, 0.25) is 0 Å². The molecule has 0 unspecified atom stereocenters. The van der Waals surface area contributed by atoms with E-state index < -0.39 is 4.92 Å². The molecule has 0 amide bonds. The number of nitrogens with zero attached hydrogens (tertiary/aromatic N) is 1. The molecule has 0 N–H and O–H groups in total. The molecule has 0 spiro atoms. The summed E-state index contributed by atoms with van der Waals surface area (Å²) in [4.78, 5) is 22.8. The number of methoxy groups -OCH3 is 1. The maximum absolute atomic E-state index is 12.3. The van der Waals surface area contributed by atoms with Gasteiger partial charge in [-0.15, -0.1) is 0 Å². The van der Waals surface area contributed by atoms with Crippen LogP contribution in [0.15, 0.2) is 36.4 Å². The monoisotopic (exact) mass is 329 g/mol. The topological polar surface area (TPSA) is 87.9 Å². The zero-order valence-electron chi connectivity index (χ0n) is 13.0. The summed E-state index contributed by atoms with van der Waals surface area (Å²) in [6.45, 7) is 0.328. The van der Waals surface area contributed by atoms with Crippen LogP contribution >= 0.6 is 0 Å². The predicted octanol–water partition coefficient (Wildman–Crippen LogP) is 2.80. The molecule has 0 fully saturated rings. The predicted molar refractivity (Wildman–Crippen MR) is 85.1 cm³/mol. The van der Waals surface area contributed by atoms with E-state index in [-0.39, 0.29) is 23.8 Å². The number of benzene rings is 2. The molecule has 24 heavy (non-hydrogen) atoms. The minimum atomic E-state index is -0.574. The Morgan fingerprint density at radius 2 is 2.12 bits per heavy atom. The Kier molecular flexibility index (Phi) is 4.33. The van der Waals surface area contributed by atoms with E-state index in [4.69, 9.17) is 14.2 Å². The van der Waals surface area contributed by atoms with E-state index in [1.807, 2.05) is 0 Å². The fourth-order valence-corrected chi connectivity index (χ4v) is 2.48. The van der Waals surface area contributed by atoms with Gasteiger partial charge >= 0.3 is 5.69 Å². The smallest absolute Gasteiger partial charge is 0.314 e. The summed E-state index contributed by atoms with van der Waals surface area (Å²) < 4.78 is 15.7. The quantitative estimate of drug-likeness (QED) is 0.460. The van der Waals surface area contributed by atoms with Gasteiger partial charge in [0.2, 0.25) is 0 Å². The third-order valence-corrected chi connectivity index (χ3v) is 3.73. The number of hydrogen-bond donors (Lipinski definition) is 0. The van der Waals surface area contributed by atoms with Crippen molar-refractivity contribution in [2.75, 3.05) is 20.3 Å². The molecule has 0 bridgehead atoms. The molecule has 124 valence electrons. The van der Waals surface area contributed by atoms with Crippen molar-refractivity contribution in [1.82, 2.24) is 0 Å². The number of hydrogen-bond acceptors (Lipinski definition) is 6. The lowest BCUT2D eigenvalue weighted by molar-refractivity contribution is -0.385. The number of ether oxygens (including phenoxy) is 3. The molecule has 2 aromatic rings. The third kappa shape index (κ3) is 3.15. The van der Waals surface area contributed by atoms with Gasteiger partial charge in [-0.25, -0.2) is 0 Å². The number of rotatable bonds is 6. The highest BCUT2D eigenvalue weighted by Gasteiger charge is 2.19. The lowest BCUT2D eigenvalue weighted by Gasteiger charge is -2.08. The molecular formula is C17H15NO6. The first-order valence-electron chi connectivity index (χ1n) is 7.32. The first-order chi connectivity index (χ1) is 11.6. The highest BCUT2D eigenvalue weighted by atomic mass is 16.6. The lowest BCUT2D eigenvalue weighted by atomic mass is 10.1. The number of nitro benzene ring substituents is 1. The van der Waals surface area contributed by atoms with Gasteiger partial charge in [-0.3, -0.25) is 14.9 Å². The fourth-order valence-electron chi connectivity index (χ4n) is 2.48. The zero-order valence-corrected chi connectivity index (χ0v) is 13.0. The van der Waals surface area contributed by atoms with E-state index in [9.17, 15) is 14.9 Å². The van der Waals surface area contributed by atoms with Crippen LogP contribution in [0.1, 0.15) is 15.9 Å². The van der Waals surface area contributed by atoms with E-state index in [1.54, 1.807) is 24.3 Å². The van der Waals surface area contributed by atoms with Gasteiger partial charge in [0.05, 0.1) is 24.7 Å². The molecule has 1 aliphatic rings. The Balaban J connectivity index is 1.73. The number of carbonyl (C=O) groups excluding carboxylic acids is 1. The molecule has 7 nitrogen and oxygen atoms in total. The van der Waals surface area contributed by atoms with Crippen molar-refractivity contribution in [1.29, 1.82) is 0 Å². The Morgan fingerprint density at radius 1 is 1.29 bits per heavy atom. The minimum absolute atomic E-state index is 0.0265. The molecule has 2 aromatic carbocycles. The molecule has 1 heterocycles. The maximum atomic E-state index is 12.3. The first kappa shape index (κ1) is 15.8. The summed E-state index contributed by atoms with van der Waals surface area (Å²) in [5, 5.41) is 11.1. The molecule has 0 saturated heterocycles. The average molecular weight is 329 g/mol. The summed E-state index contributed by atoms with van der Waals surface area (Å²) in [5.41, 5.74) is 1.23. The average Bonchev–Trinajstić information content (AvgIpc) is 3.07. The normalized spacial score (nSPS) is 12.2. The molecule has 0 radical (unpaired) electrons. The highest BCUT2D eigenvalue weighted by Crippen LogP contribution is 2.31. The summed E-state index contributed by atoms with van der Waals surface area (Å²) >= 11 is 0. The van der Waals surface area contributed by atoms with E-state index >= 15 is 0 Å². The van der Waals surface area contributed by atoms with Crippen molar-refractivity contribution in [3.8, 4) is 17.2 Å². The van der Waals surface area contributed by atoms with Crippen molar-refractivity contribution in [2.24, 2.45) is 0 Å². The standard InChI is InChI=1S/C17H15NO6/c1-22-13-3-5-17(14(9-13)18(20)21)24-10-15(19)11-2-4-16-12(8-11)6-7-23-16/h2-5,8-9H,6-7,10H2,1H3. The van der Waals surface area contributed by atoms with Crippen molar-refractivity contribution in [3.63, 3.8) is 0 Å². The Labute approximate surface area is 137 Å². The van der Waals surface area contributed by atoms with E-state index in [0.29, 0.717) is 17.9 Å². The maximum Gasteiger partial charge on any atom is 0.314 e. The summed E-state index contributed by atoms with van der Waals surface area (Å²) in [6.07, 6.45) is 0.765. The SMILES string of the molecule is COc1ccc(OCC(=O)c2ccc3c(c2)CCO3)c([N+](=O)[O-])c1. The number of ketones is 1. The van der Waals surface area contributed by atoms with Gasteiger partial charge in [-0.05, 0) is 35.9 Å². The Morgan fingerprint density at radius 3 is 2.88 bits per heavy atom. The van der Waals surface area contributed by atoms with Crippen molar-refractivity contribution < 1.29 is 23.9 Å². The van der Waals surface area contributed by atoms with Gasteiger partial charge in [0.15, 0.2) is 18.1 Å². The molecule has 0 aromatic heterocycles. The van der Waals surface area contributed by atoms with Crippen LogP contribution in [0.3, 0.4) is 0 Å². The van der Waals surface area contributed by atoms with Crippen LogP contribution in [-0.4, -0.2) is 31.0 Å². The molecular weight excluding hydrogens is 314 g/mol. The number of carbonyl (C=O) groups is 1. The van der Waals surface area contributed by atoms with Gasteiger partial charge in [-0.2, -0.15) is 0 Å². The van der Waals surface area contributed by atoms with E-state index in [2.05, 4.69) is 0 Å². The fraction of sp³-hybridized carbons (Fsp3) is 0.235. The van der Waals surface area contributed by atoms with Gasteiger partial charge in [-0.1, -0.05) is 0 Å². The Bertz CT molecular complexity index is 802. The van der Waals surface area contributed by atoms with E-state index in [1.165, 1.54) is 19.2 Å². The van der Waals surface area contributed by atoms with Crippen LogP contribution in [0.25, 0.3) is 0 Å². The van der Waals surface area contributed by atoms with Crippen LogP contribution in [0, 0.1) is 10.1 Å². The number of fused-ring (bicyclic) bond motifs is 1. The minimum Gasteiger partial charge on any atom is -0.496 e. The second-order valence-corrected chi connectivity index (χ2v) is 5.22. The molecule has 0 aliphatic carbocycles. The molecule has 0 saturated carbocycles. The van der Waals surface area contributed by atoms with Gasteiger partial charge in [0, 0.05) is 12.0 Å². The van der Waals surface area contributed by atoms with Crippen LogP contribution in [-0.2, 0) is 6.42 Å². The molecule has 0 atom stereocenters. The molecule has 7 heteroatoms. The summed E-state index contributed by atoms with van der Waals surface area (Å²) in [7, 11) is 1.42. The van der Waals surface area contributed by atoms with Gasteiger partial charge in [0.1, 0.15) is 11.5 Å². The molecule has 3 rings (SSSR count). The van der Waals surface area contributed by atoms with Gasteiger partial charge < -0.3 is 14.2 Å². The largest absolute Gasteiger partial charge is 0.496 e. The second-order valence-electron chi connectivity index (χ2n) is 5.22.